The first-order valence-electron chi connectivity index (χ1n) is 10.7. The van der Waals surface area contributed by atoms with E-state index >= 15 is 0 Å². The normalized spacial score (nSPS) is 11.2. The highest BCUT2D eigenvalue weighted by Crippen LogP contribution is 2.21. The third-order valence-corrected chi connectivity index (χ3v) is 6.63. The van der Waals surface area contributed by atoms with E-state index < -0.39 is 10.1 Å². The maximum Gasteiger partial charge on any atom is 0.297 e. The van der Waals surface area contributed by atoms with E-state index in [1.807, 2.05) is 55.5 Å². The molecule has 2 aromatic heterocycles. The third-order valence-electron chi connectivity index (χ3n) is 5.35. The Labute approximate surface area is 198 Å². The monoisotopic (exact) mass is 472 g/mol. The molecule has 34 heavy (non-hydrogen) atoms. The van der Waals surface area contributed by atoms with Crippen LogP contribution in [-0.2, 0) is 27.5 Å². The minimum atomic E-state index is -3.77. The zero-order valence-electron chi connectivity index (χ0n) is 18.6. The van der Waals surface area contributed by atoms with Crippen LogP contribution in [0.5, 0.6) is 0 Å². The van der Waals surface area contributed by atoms with E-state index in [-0.39, 0.29) is 18.1 Å². The molecule has 172 valence electrons. The number of nitrogens with zero attached hydrogens (tertiary/aromatic N) is 2. The molecule has 0 aliphatic carbocycles. The summed E-state index contributed by atoms with van der Waals surface area (Å²) in [6.45, 7) is 1.91. The molecule has 3 aromatic carbocycles. The molecular formula is C27H24N2O4S. The van der Waals surface area contributed by atoms with Crippen molar-refractivity contribution in [3.05, 3.63) is 114 Å². The van der Waals surface area contributed by atoms with E-state index in [0.29, 0.717) is 0 Å². The molecule has 6 nitrogen and oxygen atoms in total. The first-order valence-corrected chi connectivity index (χ1v) is 12.1. The van der Waals surface area contributed by atoms with E-state index in [4.69, 9.17) is 9.29 Å². The molecule has 7 heteroatoms. The number of aromatic nitrogens is 2. The Bertz CT molecular complexity index is 1510. The Hall–Kier alpha value is -3.65. The van der Waals surface area contributed by atoms with Gasteiger partial charge in [-0.1, -0.05) is 66.2 Å². The lowest BCUT2D eigenvalue weighted by Crippen LogP contribution is -2.07. The van der Waals surface area contributed by atoms with Crippen LogP contribution in [0.1, 0.15) is 16.7 Å². The van der Waals surface area contributed by atoms with Crippen molar-refractivity contribution in [1.82, 2.24) is 9.97 Å². The number of aliphatic hydroxyl groups excluding tert-OH is 1. The molecular weight excluding hydrogens is 448 g/mol. The molecule has 0 aliphatic heterocycles. The maximum atomic E-state index is 12.2. The molecule has 1 N–H and O–H groups in total. The largest absolute Gasteiger partial charge is 0.392 e. The predicted molar refractivity (Wildman–Crippen MR) is 133 cm³/mol. The van der Waals surface area contributed by atoms with Crippen molar-refractivity contribution in [3.8, 4) is 0 Å². The standard InChI is InChI=1S/C17H15NO3S.C10H9NO/c1-13-6-8-16(9-7-13)22(19,20)21-12-15-11-18-10-14-4-2-3-5-17(14)15;12-7-9-6-11-5-8-3-1-2-4-10(8)9/h2-11H,12H2,1H3;1-6,12H,7H2. The Balaban J connectivity index is 0.000000192. The summed E-state index contributed by atoms with van der Waals surface area (Å²) in [7, 11) is -3.77. The van der Waals surface area contributed by atoms with E-state index in [1.165, 1.54) is 0 Å². The number of fused-ring (bicyclic) bond motifs is 2. The highest BCUT2D eigenvalue weighted by atomic mass is 32.2. The third kappa shape index (κ3) is 5.46. The molecule has 0 unspecified atom stereocenters. The maximum absolute atomic E-state index is 12.2. The van der Waals surface area contributed by atoms with Crippen LogP contribution < -0.4 is 0 Å². The summed E-state index contributed by atoms with van der Waals surface area (Å²) < 4.78 is 29.6. The topological polar surface area (TPSA) is 89.4 Å². The van der Waals surface area contributed by atoms with Crippen molar-refractivity contribution in [2.75, 3.05) is 0 Å². The highest BCUT2D eigenvalue weighted by Gasteiger charge is 2.15. The van der Waals surface area contributed by atoms with Crippen LogP contribution in [-0.4, -0.2) is 23.5 Å². The molecule has 0 fully saturated rings. The number of hydrogen-bond donors (Lipinski definition) is 1. The Morgan fingerprint density at radius 1 is 0.735 bits per heavy atom. The number of benzene rings is 3. The fourth-order valence-corrected chi connectivity index (χ4v) is 4.40. The van der Waals surface area contributed by atoms with Gasteiger partial charge in [0.2, 0.25) is 0 Å². The lowest BCUT2D eigenvalue weighted by molar-refractivity contribution is 0.283. The Morgan fingerprint density at radius 2 is 1.26 bits per heavy atom. The lowest BCUT2D eigenvalue weighted by Gasteiger charge is -2.08. The highest BCUT2D eigenvalue weighted by molar-refractivity contribution is 7.86. The summed E-state index contributed by atoms with van der Waals surface area (Å²) in [6.07, 6.45) is 6.87. The second kappa shape index (κ2) is 10.5. The second-order valence-corrected chi connectivity index (χ2v) is 9.34. The zero-order valence-corrected chi connectivity index (χ0v) is 19.4. The molecule has 0 radical (unpaired) electrons. The summed E-state index contributed by atoms with van der Waals surface area (Å²) in [4.78, 5) is 8.31. The quantitative estimate of drug-likeness (QED) is 0.355. The molecule has 5 rings (SSSR count). The van der Waals surface area contributed by atoms with Crippen molar-refractivity contribution in [2.45, 2.75) is 25.0 Å². The fraction of sp³-hybridized carbons (Fsp3) is 0.111. The number of pyridine rings is 2. The average molecular weight is 473 g/mol. The van der Waals surface area contributed by atoms with Crippen molar-refractivity contribution in [3.63, 3.8) is 0 Å². The second-order valence-electron chi connectivity index (χ2n) is 7.73. The van der Waals surface area contributed by atoms with Gasteiger partial charge in [-0.05, 0) is 29.8 Å². The van der Waals surface area contributed by atoms with Gasteiger partial charge in [0.15, 0.2) is 0 Å². The van der Waals surface area contributed by atoms with Gasteiger partial charge in [-0.2, -0.15) is 8.42 Å². The van der Waals surface area contributed by atoms with E-state index in [1.54, 1.807) is 49.1 Å². The zero-order chi connectivity index (χ0) is 24.0. The molecule has 5 aromatic rings. The molecule has 0 atom stereocenters. The molecule has 0 aliphatic rings. The smallest absolute Gasteiger partial charge is 0.297 e. The molecule has 0 saturated carbocycles. The number of aryl methyl sites for hydroxylation is 1. The van der Waals surface area contributed by atoms with Gasteiger partial charge >= 0.3 is 0 Å². The lowest BCUT2D eigenvalue weighted by atomic mass is 10.1. The summed E-state index contributed by atoms with van der Waals surface area (Å²) >= 11 is 0. The van der Waals surface area contributed by atoms with Crippen molar-refractivity contribution in [1.29, 1.82) is 0 Å². The first kappa shape index (κ1) is 23.5. The van der Waals surface area contributed by atoms with Crippen LogP contribution >= 0.6 is 0 Å². The van der Waals surface area contributed by atoms with Crippen LogP contribution in [0.4, 0.5) is 0 Å². The number of rotatable bonds is 5. The van der Waals surface area contributed by atoms with E-state index in [0.717, 1.165) is 38.2 Å². The number of hydrogen-bond acceptors (Lipinski definition) is 6. The summed E-state index contributed by atoms with van der Waals surface area (Å²) in [5.41, 5.74) is 2.62. The molecule has 0 amide bonds. The van der Waals surface area contributed by atoms with Crippen LogP contribution in [0.15, 0.2) is 102 Å². The Morgan fingerprint density at radius 3 is 1.85 bits per heavy atom. The minimum Gasteiger partial charge on any atom is -0.392 e. The van der Waals surface area contributed by atoms with Gasteiger partial charge in [0.25, 0.3) is 10.1 Å². The predicted octanol–water partition coefficient (Wildman–Crippen LogP) is 5.18. The van der Waals surface area contributed by atoms with Gasteiger partial charge in [0, 0.05) is 46.7 Å². The SMILES string of the molecule is Cc1ccc(S(=O)(=O)OCc2cncc3ccccc23)cc1.OCc1cncc2ccccc12. The molecule has 0 saturated heterocycles. The van der Waals surface area contributed by atoms with Crippen molar-refractivity contribution < 1.29 is 17.7 Å². The van der Waals surface area contributed by atoms with E-state index in [9.17, 15) is 8.42 Å². The van der Waals surface area contributed by atoms with Gasteiger partial charge in [0.05, 0.1) is 18.1 Å². The van der Waals surface area contributed by atoms with Crippen LogP contribution in [0, 0.1) is 6.92 Å². The fourth-order valence-electron chi connectivity index (χ4n) is 3.51. The van der Waals surface area contributed by atoms with Gasteiger partial charge < -0.3 is 5.11 Å². The molecule has 2 heterocycles. The van der Waals surface area contributed by atoms with Gasteiger partial charge in [0.1, 0.15) is 0 Å². The average Bonchev–Trinajstić information content (AvgIpc) is 2.88. The van der Waals surface area contributed by atoms with Crippen molar-refractivity contribution >= 4 is 31.7 Å². The van der Waals surface area contributed by atoms with Gasteiger partial charge in [-0.15, -0.1) is 0 Å². The summed E-state index contributed by atoms with van der Waals surface area (Å²) in [5, 5.41) is 13.0. The summed E-state index contributed by atoms with van der Waals surface area (Å²) in [5.74, 6) is 0. The first-order chi connectivity index (χ1) is 16.5. The van der Waals surface area contributed by atoms with Gasteiger partial charge in [-0.25, -0.2) is 0 Å². The number of aliphatic hydroxyl groups is 1. The van der Waals surface area contributed by atoms with Crippen LogP contribution in [0.2, 0.25) is 0 Å². The van der Waals surface area contributed by atoms with Crippen LogP contribution in [0.25, 0.3) is 21.5 Å². The van der Waals surface area contributed by atoms with Crippen molar-refractivity contribution in [2.24, 2.45) is 0 Å². The van der Waals surface area contributed by atoms with Crippen LogP contribution in [0.3, 0.4) is 0 Å². The molecule has 0 bridgehead atoms. The molecule has 0 spiro atoms. The Kier molecular flexibility index (Phi) is 7.27. The van der Waals surface area contributed by atoms with E-state index in [2.05, 4.69) is 9.97 Å². The summed E-state index contributed by atoms with van der Waals surface area (Å²) in [6, 6.07) is 22.2. The van der Waals surface area contributed by atoms with Gasteiger partial charge in [-0.3, -0.25) is 14.2 Å². The minimum absolute atomic E-state index is 0.0371.